The molecule has 9 heteroatoms. The Labute approximate surface area is 355 Å². The Bertz CT molecular complexity index is 1090. The lowest BCUT2D eigenvalue weighted by atomic mass is 10.0. The first kappa shape index (κ1) is 55.2. The van der Waals surface area contributed by atoms with E-state index in [1.165, 1.54) is 96.3 Å². The van der Waals surface area contributed by atoms with E-state index >= 15 is 0 Å². The highest BCUT2D eigenvalue weighted by atomic mass is 16.7. The molecule has 0 aromatic rings. The molecule has 2 unspecified atom stereocenters. The Hall–Kier alpha value is -2.75. The van der Waals surface area contributed by atoms with Crippen molar-refractivity contribution in [1.82, 2.24) is 0 Å². The van der Waals surface area contributed by atoms with Gasteiger partial charge in [-0.15, -0.1) is 0 Å². The molecule has 0 saturated heterocycles. The highest BCUT2D eigenvalue weighted by molar-refractivity contribution is 5.71. The first-order chi connectivity index (χ1) is 28.1. The number of hydrogen-bond acceptors (Lipinski definition) is 7. The van der Waals surface area contributed by atoms with Crippen LogP contribution >= 0.6 is 0 Å². The van der Waals surface area contributed by atoms with Gasteiger partial charge in [0.2, 0.25) is 0 Å². The van der Waals surface area contributed by atoms with Crippen LogP contribution in [0.15, 0.2) is 48.6 Å². The van der Waals surface area contributed by atoms with Gasteiger partial charge in [-0.2, -0.15) is 0 Å². The number of unbranched alkanes of at least 4 members (excludes halogenated alkanes) is 19. The van der Waals surface area contributed by atoms with Crippen molar-refractivity contribution >= 4 is 17.9 Å². The number of rotatable bonds is 42. The summed E-state index contributed by atoms with van der Waals surface area (Å²) in [4.78, 5) is 37.1. The van der Waals surface area contributed by atoms with E-state index in [0.29, 0.717) is 23.9 Å². The second-order valence-corrected chi connectivity index (χ2v) is 16.7. The summed E-state index contributed by atoms with van der Waals surface area (Å²) in [6, 6.07) is 0. The topological polar surface area (TPSA) is 108 Å². The summed E-state index contributed by atoms with van der Waals surface area (Å²) in [5.74, 6) is -2.06. The summed E-state index contributed by atoms with van der Waals surface area (Å²) in [7, 11) is 5.94. The van der Waals surface area contributed by atoms with Gasteiger partial charge in [0, 0.05) is 12.8 Å². The number of carboxylic acids is 1. The van der Waals surface area contributed by atoms with E-state index in [2.05, 4.69) is 62.5 Å². The molecule has 0 aliphatic carbocycles. The van der Waals surface area contributed by atoms with Crippen molar-refractivity contribution in [1.29, 1.82) is 0 Å². The Kier molecular flexibility index (Phi) is 39.1. The minimum atomic E-state index is -1.52. The molecule has 2 atom stereocenters. The van der Waals surface area contributed by atoms with E-state index < -0.39 is 24.3 Å². The van der Waals surface area contributed by atoms with Crippen LogP contribution in [-0.2, 0) is 33.3 Å². The van der Waals surface area contributed by atoms with Crippen molar-refractivity contribution in [2.75, 3.05) is 47.5 Å². The van der Waals surface area contributed by atoms with Crippen molar-refractivity contribution in [3.8, 4) is 0 Å². The van der Waals surface area contributed by atoms with Gasteiger partial charge < -0.3 is 28.5 Å². The fourth-order valence-corrected chi connectivity index (χ4v) is 6.24. The maximum atomic E-state index is 12.7. The van der Waals surface area contributed by atoms with Gasteiger partial charge >= 0.3 is 17.9 Å². The van der Waals surface area contributed by atoms with Crippen molar-refractivity contribution in [3.05, 3.63) is 48.6 Å². The molecular formula is C49H88NO8+. The molecule has 0 aliphatic rings. The minimum absolute atomic E-state index is 0.179. The minimum Gasteiger partial charge on any atom is -0.477 e. The lowest BCUT2D eigenvalue weighted by Gasteiger charge is -2.25. The molecule has 0 aromatic heterocycles. The molecule has 0 aliphatic heterocycles. The number of likely N-dealkylation sites (N-methyl/N-ethyl adjacent to an activating group) is 1. The Morgan fingerprint density at radius 2 is 0.983 bits per heavy atom. The molecule has 9 nitrogen and oxygen atoms in total. The average Bonchev–Trinajstić information content (AvgIpc) is 3.18. The fourth-order valence-electron chi connectivity index (χ4n) is 6.24. The highest BCUT2D eigenvalue weighted by Crippen LogP contribution is 2.15. The van der Waals surface area contributed by atoms with Crippen LogP contribution < -0.4 is 0 Å². The number of quaternary nitrogens is 1. The zero-order valence-corrected chi connectivity index (χ0v) is 37.9. The largest absolute Gasteiger partial charge is 0.477 e. The van der Waals surface area contributed by atoms with Gasteiger partial charge in [0.05, 0.1) is 34.4 Å². The molecule has 1 N–H and O–H groups in total. The van der Waals surface area contributed by atoms with Crippen LogP contribution in [0.3, 0.4) is 0 Å². The molecule has 0 rings (SSSR count). The Morgan fingerprint density at radius 1 is 0.534 bits per heavy atom. The molecule has 0 aromatic carbocycles. The van der Waals surface area contributed by atoms with Gasteiger partial charge in [-0.05, 0) is 51.4 Å². The van der Waals surface area contributed by atoms with Crippen molar-refractivity contribution in [2.45, 2.75) is 200 Å². The number of esters is 2. The maximum absolute atomic E-state index is 12.7. The van der Waals surface area contributed by atoms with E-state index in [-0.39, 0.29) is 32.2 Å². The maximum Gasteiger partial charge on any atom is 0.361 e. The second kappa shape index (κ2) is 41.0. The fraction of sp³-hybridized carbons (Fsp3) is 0.776. The SMILES string of the molecule is CC/C=C\C/C=C\C/C=C\C/C=C\CCCCC(=O)OC(COC(=O)CCCCCCCCCCCCCCCCCCCC)COC(OCC[N+](C)(C)C)C(=O)O. The van der Waals surface area contributed by atoms with Crippen LogP contribution in [0.5, 0.6) is 0 Å². The van der Waals surface area contributed by atoms with Gasteiger partial charge in [-0.3, -0.25) is 9.59 Å². The average molecular weight is 819 g/mol. The summed E-state index contributed by atoms with van der Waals surface area (Å²) in [6.07, 6.45) is 44.6. The third kappa shape index (κ3) is 41.4. The summed E-state index contributed by atoms with van der Waals surface area (Å²) in [5.41, 5.74) is 0. The van der Waals surface area contributed by atoms with Crippen LogP contribution in [0, 0.1) is 0 Å². The molecule has 0 fully saturated rings. The predicted molar refractivity (Wildman–Crippen MR) is 240 cm³/mol. The number of nitrogens with zero attached hydrogens (tertiary/aromatic N) is 1. The number of hydrogen-bond donors (Lipinski definition) is 1. The van der Waals surface area contributed by atoms with Crippen LogP contribution in [0.4, 0.5) is 0 Å². The summed E-state index contributed by atoms with van der Waals surface area (Å²) < 4.78 is 22.7. The summed E-state index contributed by atoms with van der Waals surface area (Å²) in [5, 5.41) is 9.64. The standard InChI is InChI=1S/C49H87NO8/c1-6-8-10-12-14-16-18-20-22-23-24-26-27-29-31-33-35-37-39-46(51)56-43-45(44-57-49(48(53)54)55-42-41-50(3,4)5)58-47(52)40-38-36-34-32-30-28-25-21-19-17-15-13-11-9-7-2/h9,11,15,17,21,25,30,32,45,49H,6-8,10,12-14,16,18-20,22-24,26-29,31,33-44H2,1-5H3/p+1/b11-9-,17-15-,25-21-,32-30-. The number of allylic oxidation sites excluding steroid dienone is 8. The third-order valence-corrected chi connectivity index (χ3v) is 9.85. The molecule has 0 radical (unpaired) electrons. The lowest BCUT2D eigenvalue weighted by Crippen LogP contribution is -2.40. The monoisotopic (exact) mass is 819 g/mol. The van der Waals surface area contributed by atoms with Gasteiger partial charge in [0.1, 0.15) is 13.2 Å². The Balaban J connectivity index is 4.44. The smallest absolute Gasteiger partial charge is 0.361 e. The molecule has 0 heterocycles. The predicted octanol–water partition coefficient (Wildman–Crippen LogP) is 12.4. The van der Waals surface area contributed by atoms with Crippen molar-refractivity contribution < 1.29 is 42.9 Å². The third-order valence-electron chi connectivity index (χ3n) is 9.85. The molecule has 0 spiro atoms. The number of carboxylic acid groups (broad SMARTS) is 1. The van der Waals surface area contributed by atoms with E-state index in [1.807, 2.05) is 21.1 Å². The lowest BCUT2D eigenvalue weighted by molar-refractivity contribution is -0.870. The Morgan fingerprint density at radius 3 is 1.47 bits per heavy atom. The quantitative estimate of drug-likeness (QED) is 0.0213. The van der Waals surface area contributed by atoms with Crippen molar-refractivity contribution in [2.24, 2.45) is 0 Å². The first-order valence-corrected chi connectivity index (χ1v) is 23.3. The van der Waals surface area contributed by atoms with Crippen LogP contribution in [0.1, 0.15) is 187 Å². The van der Waals surface area contributed by atoms with Crippen LogP contribution in [0.2, 0.25) is 0 Å². The first-order valence-electron chi connectivity index (χ1n) is 23.3. The highest BCUT2D eigenvalue weighted by Gasteiger charge is 2.25. The zero-order chi connectivity index (χ0) is 42.8. The van der Waals surface area contributed by atoms with Gasteiger partial charge in [0.15, 0.2) is 6.10 Å². The number of carbonyl (C=O) groups excluding carboxylic acids is 2. The normalized spacial score (nSPS) is 13.3. The molecule has 0 saturated carbocycles. The van der Waals surface area contributed by atoms with Crippen LogP contribution in [0.25, 0.3) is 0 Å². The van der Waals surface area contributed by atoms with Gasteiger partial charge in [0.25, 0.3) is 6.29 Å². The van der Waals surface area contributed by atoms with E-state index in [0.717, 1.165) is 57.8 Å². The summed E-state index contributed by atoms with van der Waals surface area (Å²) >= 11 is 0. The number of ether oxygens (including phenoxy) is 4. The summed E-state index contributed by atoms with van der Waals surface area (Å²) in [6.45, 7) is 4.71. The molecular weight excluding hydrogens is 731 g/mol. The van der Waals surface area contributed by atoms with Gasteiger partial charge in [-0.1, -0.05) is 172 Å². The van der Waals surface area contributed by atoms with Gasteiger partial charge in [-0.25, -0.2) is 4.79 Å². The molecule has 0 amide bonds. The van der Waals surface area contributed by atoms with Crippen molar-refractivity contribution in [3.63, 3.8) is 0 Å². The molecule has 58 heavy (non-hydrogen) atoms. The second-order valence-electron chi connectivity index (χ2n) is 16.7. The van der Waals surface area contributed by atoms with E-state index in [1.54, 1.807) is 0 Å². The van der Waals surface area contributed by atoms with E-state index in [4.69, 9.17) is 18.9 Å². The molecule has 0 bridgehead atoms. The molecule has 336 valence electrons. The van der Waals surface area contributed by atoms with Crippen LogP contribution in [-0.4, -0.2) is 87.4 Å². The number of carbonyl (C=O) groups is 3. The number of aliphatic carboxylic acids is 1. The zero-order valence-electron chi connectivity index (χ0n) is 37.9. The van der Waals surface area contributed by atoms with E-state index in [9.17, 15) is 19.5 Å².